The van der Waals surface area contributed by atoms with E-state index >= 15 is 0 Å². The third-order valence-electron chi connectivity index (χ3n) is 4.70. The van der Waals surface area contributed by atoms with Crippen molar-refractivity contribution in [1.29, 1.82) is 0 Å². The zero-order valence-corrected chi connectivity index (χ0v) is 17.1. The van der Waals surface area contributed by atoms with E-state index in [2.05, 4.69) is 25.9 Å². The molecule has 1 aromatic carbocycles. The molecule has 0 aliphatic carbocycles. The highest BCUT2D eigenvalue weighted by atomic mass is 79.9. The van der Waals surface area contributed by atoms with Crippen LogP contribution in [0.2, 0.25) is 5.02 Å². The van der Waals surface area contributed by atoms with Gasteiger partial charge in [-0.2, -0.15) is 5.10 Å². The van der Waals surface area contributed by atoms with E-state index in [0.29, 0.717) is 24.7 Å². The number of piperazine rings is 1. The number of hydrogen-bond donors (Lipinski definition) is 0. The number of benzene rings is 1. The summed E-state index contributed by atoms with van der Waals surface area (Å²) >= 11 is 9.54. The van der Waals surface area contributed by atoms with Crippen LogP contribution in [0.4, 0.5) is 4.39 Å². The Morgan fingerprint density at radius 1 is 1.35 bits per heavy atom. The Morgan fingerprint density at radius 2 is 2.04 bits per heavy atom. The molecule has 26 heavy (non-hydrogen) atoms. The first-order chi connectivity index (χ1) is 12.3. The van der Waals surface area contributed by atoms with Crippen LogP contribution in [0.1, 0.15) is 24.2 Å². The summed E-state index contributed by atoms with van der Waals surface area (Å²) in [5.74, 6) is -0.261. The number of halogens is 3. The largest absolute Gasteiger partial charge is 0.338 e. The lowest BCUT2D eigenvalue weighted by molar-refractivity contribution is -0.136. The second-order valence-corrected chi connectivity index (χ2v) is 7.82. The van der Waals surface area contributed by atoms with E-state index in [4.69, 9.17) is 11.6 Å². The van der Waals surface area contributed by atoms with Crippen LogP contribution in [-0.4, -0.2) is 51.7 Å². The van der Waals surface area contributed by atoms with Crippen molar-refractivity contribution in [3.63, 3.8) is 0 Å². The maximum atomic E-state index is 13.2. The van der Waals surface area contributed by atoms with Gasteiger partial charge in [-0.15, -0.1) is 0 Å². The number of nitrogens with zero attached hydrogens (tertiary/aromatic N) is 4. The third-order valence-corrected chi connectivity index (χ3v) is 5.83. The smallest absolute Gasteiger partial charge is 0.247 e. The van der Waals surface area contributed by atoms with Gasteiger partial charge in [0, 0.05) is 43.9 Å². The van der Waals surface area contributed by atoms with Gasteiger partial charge in [-0.25, -0.2) is 4.39 Å². The lowest BCUT2D eigenvalue weighted by atomic mass is 10.2. The van der Waals surface area contributed by atoms with Crippen LogP contribution in [0.15, 0.2) is 28.9 Å². The van der Waals surface area contributed by atoms with Crippen molar-refractivity contribution in [3.05, 3.63) is 51.0 Å². The quantitative estimate of drug-likeness (QED) is 0.724. The Morgan fingerprint density at radius 3 is 2.62 bits per heavy atom. The number of aryl methyl sites for hydroxylation is 1. The fourth-order valence-electron chi connectivity index (χ4n) is 3.05. The van der Waals surface area contributed by atoms with Crippen LogP contribution in [0.5, 0.6) is 0 Å². The van der Waals surface area contributed by atoms with Crippen LogP contribution in [-0.2, 0) is 11.3 Å². The molecule has 1 unspecified atom stereocenters. The molecule has 1 aliphatic heterocycles. The first kappa shape index (κ1) is 19.3. The fraction of sp³-hybridized carbons (Fsp3) is 0.444. The molecule has 1 fully saturated rings. The minimum atomic E-state index is -0.335. The second-order valence-electron chi connectivity index (χ2n) is 6.56. The third kappa shape index (κ3) is 4.27. The van der Waals surface area contributed by atoms with E-state index in [1.54, 1.807) is 10.7 Å². The van der Waals surface area contributed by atoms with E-state index in [-0.39, 0.29) is 17.8 Å². The fourth-order valence-corrected chi connectivity index (χ4v) is 3.57. The molecule has 1 aromatic heterocycles. The van der Waals surface area contributed by atoms with Crippen molar-refractivity contribution in [2.75, 3.05) is 26.2 Å². The summed E-state index contributed by atoms with van der Waals surface area (Å²) in [6.07, 6.45) is 1.84. The number of aromatic nitrogens is 2. The molecule has 2 aromatic rings. The van der Waals surface area contributed by atoms with Crippen molar-refractivity contribution < 1.29 is 9.18 Å². The van der Waals surface area contributed by atoms with E-state index in [1.165, 1.54) is 12.1 Å². The molecule has 0 radical (unpaired) electrons. The summed E-state index contributed by atoms with van der Waals surface area (Å²) in [7, 11) is 0. The van der Waals surface area contributed by atoms with Gasteiger partial charge in [-0.05, 0) is 47.5 Å². The molecule has 1 aliphatic rings. The zero-order chi connectivity index (χ0) is 18.8. The summed E-state index contributed by atoms with van der Waals surface area (Å²) in [6, 6.07) is 4.14. The van der Waals surface area contributed by atoms with Crippen molar-refractivity contribution in [2.45, 2.75) is 26.4 Å². The summed E-state index contributed by atoms with van der Waals surface area (Å²) in [5, 5.41) is 4.82. The maximum absolute atomic E-state index is 13.2. The van der Waals surface area contributed by atoms with Crippen molar-refractivity contribution >= 4 is 33.4 Å². The van der Waals surface area contributed by atoms with Gasteiger partial charge >= 0.3 is 0 Å². The Hall–Kier alpha value is -1.44. The molecule has 0 N–H and O–H groups in total. The Balaban J connectivity index is 1.56. The molecule has 3 rings (SSSR count). The van der Waals surface area contributed by atoms with Gasteiger partial charge in [0.1, 0.15) is 11.9 Å². The molecule has 0 saturated carbocycles. The minimum absolute atomic E-state index is 0.0689. The molecule has 0 bridgehead atoms. The van der Waals surface area contributed by atoms with Crippen molar-refractivity contribution in [2.24, 2.45) is 0 Å². The summed E-state index contributed by atoms with van der Waals surface area (Å²) in [4.78, 5) is 16.8. The molecule has 5 nitrogen and oxygen atoms in total. The molecule has 1 atom stereocenters. The molecular formula is C18H21BrClFN4O. The summed E-state index contributed by atoms with van der Waals surface area (Å²) < 4.78 is 15.8. The van der Waals surface area contributed by atoms with E-state index in [9.17, 15) is 9.18 Å². The lowest BCUT2D eigenvalue weighted by Crippen LogP contribution is -2.50. The maximum Gasteiger partial charge on any atom is 0.247 e. The Kier molecular flexibility index (Phi) is 5.99. The number of rotatable bonds is 4. The van der Waals surface area contributed by atoms with Crippen LogP contribution in [0, 0.1) is 12.7 Å². The second kappa shape index (κ2) is 8.06. The number of hydrogen-bond acceptors (Lipinski definition) is 3. The van der Waals surface area contributed by atoms with Crippen molar-refractivity contribution in [1.82, 2.24) is 19.6 Å². The predicted octanol–water partition coefficient (Wildman–Crippen LogP) is 3.65. The molecule has 0 spiro atoms. The van der Waals surface area contributed by atoms with E-state index in [1.807, 2.05) is 24.9 Å². The monoisotopic (exact) mass is 442 g/mol. The minimum Gasteiger partial charge on any atom is -0.338 e. The highest BCUT2D eigenvalue weighted by molar-refractivity contribution is 9.10. The Labute approximate surface area is 165 Å². The molecular weight excluding hydrogens is 423 g/mol. The predicted molar refractivity (Wildman–Crippen MR) is 103 cm³/mol. The highest BCUT2D eigenvalue weighted by Crippen LogP contribution is 2.21. The van der Waals surface area contributed by atoms with Gasteiger partial charge in [-0.3, -0.25) is 14.4 Å². The lowest BCUT2D eigenvalue weighted by Gasteiger charge is -2.36. The molecule has 1 saturated heterocycles. The molecule has 140 valence electrons. The van der Waals surface area contributed by atoms with Gasteiger partial charge < -0.3 is 4.90 Å². The van der Waals surface area contributed by atoms with Gasteiger partial charge in [0.15, 0.2) is 0 Å². The standard InChI is InChI=1S/C18H21BrClFN4O/c1-12-16(19)11-25(22-12)13(2)18(26)24-7-5-23(6-8-24)10-14-3-4-15(21)9-17(14)20/h3-4,9,11,13H,5-8,10H2,1-2H3. The number of carbonyl (C=O) groups excluding carboxylic acids is 1. The van der Waals surface area contributed by atoms with Gasteiger partial charge in [0.25, 0.3) is 0 Å². The van der Waals surface area contributed by atoms with Crippen LogP contribution in [0.25, 0.3) is 0 Å². The molecule has 2 heterocycles. The average Bonchev–Trinajstić information content (AvgIpc) is 2.96. The van der Waals surface area contributed by atoms with Gasteiger partial charge in [-0.1, -0.05) is 17.7 Å². The average molecular weight is 444 g/mol. The first-order valence-corrected chi connectivity index (χ1v) is 9.68. The normalized spacial score (nSPS) is 16.7. The zero-order valence-electron chi connectivity index (χ0n) is 14.8. The Bertz CT molecular complexity index is 785. The van der Waals surface area contributed by atoms with Crippen molar-refractivity contribution in [3.8, 4) is 0 Å². The summed E-state index contributed by atoms with van der Waals surface area (Å²) in [5.41, 5.74) is 1.77. The topological polar surface area (TPSA) is 41.4 Å². The number of amides is 1. The van der Waals surface area contributed by atoms with Crippen LogP contribution < -0.4 is 0 Å². The van der Waals surface area contributed by atoms with Gasteiger partial charge in [0.05, 0.1) is 10.2 Å². The SMILES string of the molecule is Cc1nn(C(C)C(=O)N2CCN(Cc3ccc(F)cc3Cl)CC2)cc1Br. The molecule has 1 amide bonds. The van der Waals surface area contributed by atoms with Crippen LogP contribution in [0.3, 0.4) is 0 Å². The number of carbonyl (C=O) groups is 1. The van der Waals surface area contributed by atoms with Gasteiger partial charge in [0.2, 0.25) is 5.91 Å². The molecule has 8 heteroatoms. The van der Waals surface area contributed by atoms with E-state index in [0.717, 1.165) is 28.8 Å². The highest BCUT2D eigenvalue weighted by Gasteiger charge is 2.26. The van der Waals surface area contributed by atoms with E-state index < -0.39 is 0 Å². The van der Waals surface area contributed by atoms with Crippen LogP contribution >= 0.6 is 27.5 Å². The summed E-state index contributed by atoms with van der Waals surface area (Å²) in [6.45, 7) is 7.25. The first-order valence-electron chi connectivity index (χ1n) is 8.51.